The number of benzene rings is 1. The van der Waals surface area contributed by atoms with Gasteiger partial charge in [-0.1, -0.05) is 0 Å². The van der Waals surface area contributed by atoms with Gasteiger partial charge < -0.3 is 5.11 Å². The van der Waals surface area contributed by atoms with Crippen LogP contribution in [0.15, 0.2) is 23.1 Å². The summed E-state index contributed by atoms with van der Waals surface area (Å²) in [4.78, 5) is 0.713. The van der Waals surface area contributed by atoms with Crippen molar-refractivity contribution in [3.63, 3.8) is 0 Å². The minimum absolute atomic E-state index is 0.0638. The zero-order chi connectivity index (χ0) is 13.1. The van der Waals surface area contributed by atoms with Gasteiger partial charge in [0.1, 0.15) is 15.7 Å². The van der Waals surface area contributed by atoms with Crippen LogP contribution in [-0.2, 0) is 9.84 Å². The normalized spacial score (nSPS) is 13.6. The molecule has 0 fully saturated rings. The molecule has 1 N–H and O–H groups in total. The average molecular weight is 278 g/mol. The molecule has 0 heterocycles. The standard InChI is InChI=1S/C11H15FO3S2/c1-8(13)10-7-9(12)3-4-11(10)16-5-6-17(2,14)15/h3-4,7-8,13H,5-6H2,1-2H3. The van der Waals surface area contributed by atoms with Crippen LogP contribution in [-0.4, -0.2) is 31.3 Å². The van der Waals surface area contributed by atoms with E-state index < -0.39 is 21.8 Å². The molecule has 0 spiro atoms. The molecule has 1 unspecified atom stereocenters. The van der Waals surface area contributed by atoms with Gasteiger partial charge in [0, 0.05) is 16.9 Å². The van der Waals surface area contributed by atoms with Gasteiger partial charge in [0.2, 0.25) is 0 Å². The number of aliphatic hydroxyl groups excluding tert-OH is 1. The van der Waals surface area contributed by atoms with Crippen molar-refractivity contribution in [3.8, 4) is 0 Å². The van der Waals surface area contributed by atoms with Gasteiger partial charge in [-0.15, -0.1) is 11.8 Å². The molecule has 0 saturated carbocycles. The van der Waals surface area contributed by atoms with E-state index in [1.807, 2.05) is 0 Å². The number of thioether (sulfide) groups is 1. The molecule has 0 amide bonds. The molecule has 0 aromatic heterocycles. The Hall–Kier alpha value is -0.590. The van der Waals surface area contributed by atoms with Gasteiger partial charge in [-0.3, -0.25) is 0 Å². The largest absolute Gasteiger partial charge is 0.389 e. The van der Waals surface area contributed by atoms with Crippen LogP contribution in [0.3, 0.4) is 0 Å². The molecule has 1 aromatic carbocycles. The third-order valence-electron chi connectivity index (χ3n) is 2.13. The fourth-order valence-electron chi connectivity index (χ4n) is 1.28. The second kappa shape index (κ2) is 5.84. The predicted molar refractivity (Wildman–Crippen MR) is 67.5 cm³/mol. The highest BCUT2D eigenvalue weighted by atomic mass is 32.2. The summed E-state index contributed by atoms with van der Waals surface area (Å²) in [6, 6.07) is 4.13. The Morgan fingerprint density at radius 3 is 2.65 bits per heavy atom. The van der Waals surface area contributed by atoms with E-state index in [0.717, 1.165) is 0 Å². The van der Waals surface area contributed by atoms with Crippen LogP contribution in [0, 0.1) is 5.82 Å². The van der Waals surface area contributed by atoms with Crippen molar-refractivity contribution < 1.29 is 17.9 Å². The first-order valence-corrected chi connectivity index (χ1v) is 8.12. The van der Waals surface area contributed by atoms with E-state index in [1.54, 1.807) is 13.0 Å². The first-order chi connectivity index (χ1) is 7.79. The molecule has 0 bridgehead atoms. The maximum absolute atomic E-state index is 13.0. The maximum Gasteiger partial charge on any atom is 0.148 e. The summed E-state index contributed by atoms with van der Waals surface area (Å²) in [5.41, 5.74) is 0.489. The van der Waals surface area contributed by atoms with Gasteiger partial charge in [0.05, 0.1) is 11.9 Å². The molecular weight excluding hydrogens is 263 g/mol. The quantitative estimate of drug-likeness (QED) is 0.837. The van der Waals surface area contributed by atoms with Crippen molar-refractivity contribution in [2.75, 3.05) is 17.8 Å². The number of rotatable bonds is 5. The van der Waals surface area contributed by atoms with Gasteiger partial charge >= 0.3 is 0 Å². The van der Waals surface area contributed by atoms with Crippen molar-refractivity contribution in [2.45, 2.75) is 17.9 Å². The van der Waals surface area contributed by atoms with E-state index in [-0.39, 0.29) is 5.75 Å². The Balaban J connectivity index is 2.77. The highest BCUT2D eigenvalue weighted by Crippen LogP contribution is 2.28. The van der Waals surface area contributed by atoms with Crippen LogP contribution in [0.25, 0.3) is 0 Å². The molecular formula is C11H15FO3S2. The topological polar surface area (TPSA) is 54.4 Å². The highest BCUT2D eigenvalue weighted by Gasteiger charge is 2.11. The second-order valence-electron chi connectivity index (χ2n) is 3.84. The smallest absolute Gasteiger partial charge is 0.148 e. The van der Waals surface area contributed by atoms with Gasteiger partial charge in [-0.2, -0.15) is 0 Å². The van der Waals surface area contributed by atoms with Gasteiger partial charge in [-0.25, -0.2) is 12.8 Å². The molecule has 0 saturated heterocycles. The molecule has 1 rings (SSSR count). The van der Waals surface area contributed by atoms with E-state index in [0.29, 0.717) is 16.2 Å². The Morgan fingerprint density at radius 2 is 2.12 bits per heavy atom. The van der Waals surface area contributed by atoms with Crippen molar-refractivity contribution in [2.24, 2.45) is 0 Å². The lowest BCUT2D eigenvalue weighted by molar-refractivity contribution is 0.196. The summed E-state index contributed by atoms with van der Waals surface area (Å²) in [5.74, 6) is 0.0479. The summed E-state index contributed by atoms with van der Waals surface area (Å²) in [7, 11) is -2.99. The molecule has 6 heteroatoms. The molecule has 17 heavy (non-hydrogen) atoms. The number of sulfone groups is 1. The molecule has 0 aliphatic rings. The number of hydrogen-bond acceptors (Lipinski definition) is 4. The van der Waals surface area contributed by atoms with Crippen LogP contribution in [0.4, 0.5) is 4.39 Å². The molecule has 3 nitrogen and oxygen atoms in total. The van der Waals surface area contributed by atoms with Crippen LogP contribution >= 0.6 is 11.8 Å². The predicted octanol–water partition coefficient (Wildman–Crippen LogP) is 2.02. The van der Waals surface area contributed by atoms with E-state index in [2.05, 4.69) is 0 Å². The zero-order valence-corrected chi connectivity index (χ0v) is 11.3. The minimum Gasteiger partial charge on any atom is -0.389 e. The van der Waals surface area contributed by atoms with E-state index in [4.69, 9.17) is 0 Å². The Bertz CT molecular complexity index is 483. The van der Waals surface area contributed by atoms with Crippen LogP contribution in [0.2, 0.25) is 0 Å². The van der Waals surface area contributed by atoms with Crippen LogP contribution in [0.1, 0.15) is 18.6 Å². The highest BCUT2D eigenvalue weighted by molar-refractivity contribution is 8.00. The van der Waals surface area contributed by atoms with Crippen molar-refractivity contribution >= 4 is 21.6 Å². The lowest BCUT2D eigenvalue weighted by Gasteiger charge is -2.11. The van der Waals surface area contributed by atoms with Crippen molar-refractivity contribution in [1.29, 1.82) is 0 Å². The van der Waals surface area contributed by atoms with E-state index >= 15 is 0 Å². The summed E-state index contributed by atoms with van der Waals surface area (Å²) >= 11 is 1.31. The molecule has 1 aromatic rings. The molecule has 1 atom stereocenters. The summed E-state index contributed by atoms with van der Waals surface area (Å²) in [5, 5.41) is 9.49. The van der Waals surface area contributed by atoms with Gasteiger partial charge in [-0.05, 0) is 30.7 Å². The lowest BCUT2D eigenvalue weighted by Crippen LogP contribution is -2.05. The minimum atomic E-state index is -2.99. The molecule has 0 radical (unpaired) electrons. The van der Waals surface area contributed by atoms with Gasteiger partial charge in [0.25, 0.3) is 0 Å². The number of hydrogen-bond donors (Lipinski definition) is 1. The fourth-order valence-corrected chi connectivity index (χ4v) is 3.60. The Kier molecular flexibility index (Phi) is 4.97. The lowest BCUT2D eigenvalue weighted by atomic mass is 10.1. The number of halogens is 1. The Morgan fingerprint density at radius 1 is 1.47 bits per heavy atom. The fraction of sp³-hybridized carbons (Fsp3) is 0.455. The van der Waals surface area contributed by atoms with Crippen molar-refractivity contribution in [1.82, 2.24) is 0 Å². The summed E-state index contributed by atoms with van der Waals surface area (Å²) < 4.78 is 34.9. The van der Waals surface area contributed by atoms with Crippen molar-refractivity contribution in [3.05, 3.63) is 29.6 Å². The molecule has 96 valence electrons. The summed E-state index contributed by atoms with van der Waals surface area (Å²) in [6.45, 7) is 1.55. The molecule has 0 aliphatic heterocycles. The Labute approximate surface area is 105 Å². The maximum atomic E-state index is 13.0. The van der Waals surface area contributed by atoms with Crippen LogP contribution < -0.4 is 0 Å². The zero-order valence-electron chi connectivity index (χ0n) is 9.68. The first-order valence-electron chi connectivity index (χ1n) is 5.07. The average Bonchev–Trinajstić information content (AvgIpc) is 2.18. The van der Waals surface area contributed by atoms with E-state index in [9.17, 15) is 17.9 Å². The second-order valence-corrected chi connectivity index (χ2v) is 7.23. The van der Waals surface area contributed by atoms with E-state index in [1.165, 1.54) is 30.2 Å². The van der Waals surface area contributed by atoms with Crippen LogP contribution in [0.5, 0.6) is 0 Å². The SMILES string of the molecule is CC(O)c1cc(F)ccc1SCCS(C)(=O)=O. The number of aliphatic hydroxyl groups is 1. The van der Waals surface area contributed by atoms with Gasteiger partial charge in [0.15, 0.2) is 0 Å². The first kappa shape index (κ1) is 14.5. The molecule has 0 aliphatic carbocycles. The monoisotopic (exact) mass is 278 g/mol. The summed E-state index contributed by atoms with van der Waals surface area (Å²) in [6.07, 6.45) is 0.403. The third kappa shape index (κ3) is 5.06. The third-order valence-corrected chi connectivity index (χ3v) is 4.43.